The Hall–Kier alpha value is -1.27. The second kappa shape index (κ2) is 4.19. The molecule has 0 fully saturated rings. The molecular formula is C11H10FNO2S2. The van der Waals surface area contributed by atoms with Crippen LogP contribution in [0.3, 0.4) is 0 Å². The van der Waals surface area contributed by atoms with Crippen LogP contribution in [-0.2, 0) is 9.84 Å². The Labute approximate surface area is 103 Å². The molecule has 0 aliphatic rings. The summed E-state index contributed by atoms with van der Waals surface area (Å²) in [5.74, 6) is -0.724. The highest BCUT2D eigenvalue weighted by Gasteiger charge is 2.16. The SMILES string of the molecule is Cc1ncsc1-c1ccc(F)c(S(C)(=O)=O)c1. The van der Waals surface area contributed by atoms with Crippen LogP contribution >= 0.6 is 11.3 Å². The first-order chi connectivity index (χ1) is 7.89. The maximum atomic E-state index is 13.4. The average molecular weight is 271 g/mol. The number of hydrogen-bond acceptors (Lipinski definition) is 4. The number of hydrogen-bond donors (Lipinski definition) is 0. The summed E-state index contributed by atoms with van der Waals surface area (Å²) in [6.45, 7) is 1.83. The van der Waals surface area contributed by atoms with Crippen LogP contribution in [0.5, 0.6) is 0 Å². The molecule has 3 nitrogen and oxygen atoms in total. The van der Waals surface area contributed by atoms with Gasteiger partial charge in [0.05, 0.1) is 16.1 Å². The van der Waals surface area contributed by atoms with Crippen LogP contribution in [0, 0.1) is 12.7 Å². The summed E-state index contributed by atoms with van der Waals surface area (Å²) in [5.41, 5.74) is 3.15. The van der Waals surface area contributed by atoms with E-state index in [-0.39, 0.29) is 4.90 Å². The van der Waals surface area contributed by atoms with Crippen molar-refractivity contribution in [2.24, 2.45) is 0 Å². The van der Waals surface area contributed by atoms with Crippen LogP contribution in [0.25, 0.3) is 10.4 Å². The Balaban J connectivity index is 2.64. The van der Waals surface area contributed by atoms with E-state index in [1.54, 1.807) is 11.6 Å². The van der Waals surface area contributed by atoms with Crippen LogP contribution in [0.15, 0.2) is 28.6 Å². The van der Waals surface area contributed by atoms with E-state index < -0.39 is 15.7 Å². The maximum Gasteiger partial charge on any atom is 0.178 e. The first kappa shape index (κ1) is 12.2. The van der Waals surface area contributed by atoms with Crippen molar-refractivity contribution in [3.63, 3.8) is 0 Å². The summed E-state index contributed by atoms with van der Waals surface area (Å²) < 4.78 is 36.2. The van der Waals surface area contributed by atoms with Crippen LogP contribution in [0.4, 0.5) is 4.39 Å². The van der Waals surface area contributed by atoms with Crippen molar-refractivity contribution < 1.29 is 12.8 Å². The zero-order valence-electron chi connectivity index (χ0n) is 9.27. The minimum Gasteiger partial charge on any atom is -0.249 e. The lowest BCUT2D eigenvalue weighted by molar-refractivity contribution is 0.571. The van der Waals surface area contributed by atoms with E-state index in [4.69, 9.17) is 0 Å². The van der Waals surface area contributed by atoms with Gasteiger partial charge in [0.25, 0.3) is 0 Å². The Morgan fingerprint density at radius 3 is 2.59 bits per heavy atom. The minimum absolute atomic E-state index is 0.275. The van der Waals surface area contributed by atoms with E-state index in [2.05, 4.69) is 4.98 Å². The molecule has 0 N–H and O–H groups in total. The van der Waals surface area contributed by atoms with Crippen molar-refractivity contribution in [1.82, 2.24) is 4.98 Å². The van der Waals surface area contributed by atoms with E-state index in [1.165, 1.54) is 23.5 Å². The van der Waals surface area contributed by atoms with Gasteiger partial charge in [0.1, 0.15) is 10.7 Å². The molecule has 0 amide bonds. The number of sulfone groups is 1. The predicted octanol–water partition coefficient (Wildman–Crippen LogP) is 2.66. The highest BCUT2D eigenvalue weighted by molar-refractivity contribution is 7.90. The van der Waals surface area contributed by atoms with E-state index in [9.17, 15) is 12.8 Å². The standard InChI is InChI=1S/C11H10FNO2S2/c1-7-11(16-6-13-7)8-3-4-9(12)10(5-8)17(2,14)15/h3-6H,1-2H3. The van der Waals surface area contributed by atoms with Crippen molar-refractivity contribution in [3.05, 3.63) is 35.2 Å². The van der Waals surface area contributed by atoms with Crippen molar-refractivity contribution in [3.8, 4) is 10.4 Å². The quantitative estimate of drug-likeness (QED) is 0.843. The monoisotopic (exact) mass is 271 g/mol. The number of aryl methyl sites for hydroxylation is 1. The lowest BCUT2D eigenvalue weighted by Crippen LogP contribution is -2.00. The molecule has 17 heavy (non-hydrogen) atoms. The zero-order valence-corrected chi connectivity index (χ0v) is 10.9. The molecule has 0 unspecified atom stereocenters. The molecule has 1 aromatic heterocycles. The second-order valence-corrected chi connectivity index (χ2v) is 6.52. The van der Waals surface area contributed by atoms with Crippen LogP contribution in [0.2, 0.25) is 0 Å². The Morgan fingerprint density at radius 2 is 2.06 bits per heavy atom. The third-order valence-electron chi connectivity index (χ3n) is 2.34. The van der Waals surface area contributed by atoms with E-state index in [0.717, 1.165) is 16.8 Å². The van der Waals surface area contributed by atoms with Gasteiger partial charge in [-0.2, -0.15) is 0 Å². The maximum absolute atomic E-state index is 13.4. The molecule has 0 spiro atoms. The molecule has 2 rings (SSSR count). The summed E-state index contributed by atoms with van der Waals surface area (Å²) in [4.78, 5) is 4.66. The molecule has 6 heteroatoms. The Morgan fingerprint density at radius 1 is 1.35 bits per heavy atom. The largest absolute Gasteiger partial charge is 0.249 e. The molecule has 1 heterocycles. The normalized spacial score (nSPS) is 11.7. The fraction of sp³-hybridized carbons (Fsp3) is 0.182. The van der Waals surface area contributed by atoms with Crippen LogP contribution in [0.1, 0.15) is 5.69 Å². The second-order valence-electron chi connectivity index (χ2n) is 3.68. The van der Waals surface area contributed by atoms with Gasteiger partial charge in [0, 0.05) is 6.26 Å². The van der Waals surface area contributed by atoms with Crippen molar-refractivity contribution in [1.29, 1.82) is 0 Å². The molecule has 90 valence electrons. The van der Waals surface area contributed by atoms with Gasteiger partial charge in [-0.15, -0.1) is 11.3 Å². The van der Waals surface area contributed by atoms with Gasteiger partial charge in [-0.1, -0.05) is 6.07 Å². The Bertz CT molecular complexity index is 662. The summed E-state index contributed by atoms with van der Waals surface area (Å²) in [6.07, 6.45) is 0.995. The summed E-state index contributed by atoms with van der Waals surface area (Å²) in [7, 11) is -3.55. The van der Waals surface area contributed by atoms with Crippen LogP contribution in [-0.4, -0.2) is 19.7 Å². The number of benzene rings is 1. The molecule has 0 saturated heterocycles. The molecule has 0 bridgehead atoms. The average Bonchev–Trinajstić information content (AvgIpc) is 2.63. The molecule has 0 atom stereocenters. The zero-order chi connectivity index (χ0) is 12.6. The van der Waals surface area contributed by atoms with Crippen molar-refractivity contribution >= 4 is 21.2 Å². The van der Waals surface area contributed by atoms with Gasteiger partial charge < -0.3 is 0 Å². The number of nitrogens with zero attached hydrogens (tertiary/aromatic N) is 1. The minimum atomic E-state index is -3.55. The number of aromatic nitrogens is 1. The van der Waals surface area contributed by atoms with Crippen molar-refractivity contribution in [2.75, 3.05) is 6.26 Å². The molecule has 0 saturated carbocycles. The van der Waals surface area contributed by atoms with Gasteiger partial charge in [0.2, 0.25) is 0 Å². The third kappa shape index (κ3) is 2.37. The van der Waals surface area contributed by atoms with E-state index >= 15 is 0 Å². The van der Waals surface area contributed by atoms with Gasteiger partial charge in [-0.25, -0.2) is 17.8 Å². The van der Waals surface area contributed by atoms with Crippen molar-refractivity contribution in [2.45, 2.75) is 11.8 Å². The molecular weight excluding hydrogens is 261 g/mol. The molecule has 1 aromatic carbocycles. The van der Waals surface area contributed by atoms with Gasteiger partial charge in [-0.05, 0) is 24.6 Å². The highest BCUT2D eigenvalue weighted by Crippen LogP contribution is 2.29. The van der Waals surface area contributed by atoms with E-state index in [0.29, 0.717) is 5.56 Å². The van der Waals surface area contributed by atoms with Crippen LogP contribution < -0.4 is 0 Å². The number of rotatable bonds is 2. The number of thiazole rings is 1. The van der Waals surface area contributed by atoms with Gasteiger partial charge in [-0.3, -0.25) is 0 Å². The summed E-state index contributed by atoms with van der Waals surface area (Å²) >= 11 is 1.40. The van der Waals surface area contributed by atoms with Gasteiger partial charge >= 0.3 is 0 Å². The Kier molecular flexibility index (Phi) is 3.01. The first-order valence-electron chi connectivity index (χ1n) is 4.79. The lowest BCUT2D eigenvalue weighted by Gasteiger charge is -2.04. The molecule has 0 aliphatic carbocycles. The molecule has 2 aromatic rings. The van der Waals surface area contributed by atoms with Gasteiger partial charge in [0.15, 0.2) is 9.84 Å². The highest BCUT2D eigenvalue weighted by atomic mass is 32.2. The predicted molar refractivity (Wildman–Crippen MR) is 65.4 cm³/mol. The smallest absolute Gasteiger partial charge is 0.178 e. The molecule has 0 radical (unpaired) electrons. The fourth-order valence-electron chi connectivity index (χ4n) is 1.51. The fourth-order valence-corrected chi connectivity index (χ4v) is 3.07. The van der Waals surface area contributed by atoms with E-state index in [1.807, 2.05) is 6.92 Å². The molecule has 0 aliphatic heterocycles. The topological polar surface area (TPSA) is 47.0 Å². The summed E-state index contributed by atoms with van der Waals surface area (Å²) in [6, 6.07) is 4.08. The first-order valence-corrected chi connectivity index (χ1v) is 7.57. The third-order valence-corrected chi connectivity index (χ3v) is 4.43. The lowest BCUT2D eigenvalue weighted by atomic mass is 10.1. The number of halogens is 1. The summed E-state index contributed by atoms with van der Waals surface area (Å²) in [5, 5.41) is 0.